The van der Waals surface area contributed by atoms with Crippen molar-refractivity contribution in [2.45, 2.75) is 67.2 Å². The van der Waals surface area contributed by atoms with E-state index in [4.69, 9.17) is 5.11 Å². The summed E-state index contributed by atoms with van der Waals surface area (Å²) in [6.07, 6.45) is 2.68. The molecule has 0 radical (unpaired) electrons. The number of rotatable bonds is 8. The molecule has 1 heterocycles. The van der Waals surface area contributed by atoms with Gasteiger partial charge < -0.3 is 10.4 Å². The number of unbranched alkanes of at least 4 members (excludes halogenated alkanes) is 2. The molecule has 1 aliphatic rings. The lowest BCUT2D eigenvalue weighted by atomic mass is 9.73. The molecule has 4 N–H and O–H groups in total. The van der Waals surface area contributed by atoms with E-state index in [1.165, 1.54) is 12.1 Å². The van der Waals surface area contributed by atoms with Gasteiger partial charge in [-0.1, -0.05) is 25.8 Å². The van der Waals surface area contributed by atoms with Crippen LogP contribution in [0.15, 0.2) is 34.1 Å². The maximum Gasteiger partial charge on any atom is 0.303 e. The van der Waals surface area contributed by atoms with E-state index in [1.54, 1.807) is 6.07 Å². The standard InChI is InChI=1S/C20H25NO8S2/c1-12-20(2,9-5-3-4-6-18(22)23)19-15-10-13(30(24,25)26)11-17(31(27,28)29)14(15)7-8-16(19)21-12/h7-8,10-12,21H,3-6,9H2,1-2H3,(H,22,23)(H,24,25,26)(H,27,28,29). The Morgan fingerprint density at radius 1 is 1.03 bits per heavy atom. The molecule has 1 aliphatic heterocycles. The third kappa shape index (κ3) is 4.54. The molecule has 0 amide bonds. The quantitative estimate of drug-likeness (QED) is 0.334. The first-order valence-corrected chi connectivity index (χ1v) is 12.7. The molecule has 0 spiro atoms. The van der Waals surface area contributed by atoms with Crippen molar-refractivity contribution in [1.82, 2.24) is 0 Å². The first-order chi connectivity index (χ1) is 14.2. The SMILES string of the molecule is CC1Nc2ccc3c(S(=O)(=O)O)cc(S(=O)(=O)O)cc3c2C1(C)CCCCCC(=O)O. The summed E-state index contributed by atoms with van der Waals surface area (Å²) in [6.45, 7) is 3.93. The molecule has 0 fully saturated rings. The highest BCUT2D eigenvalue weighted by Crippen LogP contribution is 2.49. The van der Waals surface area contributed by atoms with E-state index in [2.05, 4.69) is 5.32 Å². The minimum atomic E-state index is -4.76. The highest BCUT2D eigenvalue weighted by molar-refractivity contribution is 7.86. The van der Waals surface area contributed by atoms with Crippen LogP contribution in [0, 0.1) is 0 Å². The highest BCUT2D eigenvalue weighted by Gasteiger charge is 2.42. The third-order valence-electron chi connectivity index (χ3n) is 6.13. The fraction of sp³-hybridized carbons (Fsp3) is 0.450. The van der Waals surface area contributed by atoms with Gasteiger partial charge in [0.15, 0.2) is 0 Å². The van der Waals surface area contributed by atoms with E-state index in [1.807, 2.05) is 13.8 Å². The van der Waals surface area contributed by atoms with Gasteiger partial charge in [0, 0.05) is 29.0 Å². The van der Waals surface area contributed by atoms with Crippen molar-refractivity contribution >= 4 is 42.7 Å². The van der Waals surface area contributed by atoms with E-state index in [0.29, 0.717) is 35.9 Å². The summed E-state index contributed by atoms with van der Waals surface area (Å²) < 4.78 is 66.8. The number of hydrogen-bond acceptors (Lipinski definition) is 6. The molecule has 9 nitrogen and oxygen atoms in total. The first-order valence-electron chi connectivity index (χ1n) is 9.79. The predicted molar refractivity (Wildman–Crippen MR) is 115 cm³/mol. The van der Waals surface area contributed by atoms with Crippen LogP contribution in [0.2, 0.25) is 0 Å². The van der Waals surface area contributed by atoms with Crippen LogP contribution in [0.4, 0.5) is 5.69 Å². The number of carboxylic acids is 1. The Kier molecular flexibility index (Phi) is 6.09. The molecule has 2 atom stereocenters. The molecule has 3 rings (SSSR count). The zero-order valence-corrected chi connectivity index (χ0v) is 18.8. The Bertz CT molecular complexity index is 1250. The molecular formula is C20H25NO8S2. The molecule has 0 bridgehead atoms. The summed E-state index contributed by atoms with van der Waals surface area (Å²) in [6, 6.07) is 5.07. The van der Waals surface area contributed by atoms with E-state index >= 15 is 0 Å². The summed E-state index contributed by atoms with van der Waals surface area (Å²) in [7, 11) is -9.49. The van der Waals surface area contributed by atoms with Gasteiger partial charge in [-0.3, -0.25) is 13.9 Å². The first kappa shape index (κ1) is 23.5. The fourth-order valence-electron chi connectivity index (χ4n) is 4.37. The van der Waals surface area contributed by atoms with Gasteiger partial charge in [0.1, 0.15) is 4.90 Å². The largest absolute Gasteiger partial charge is 0.481 e. The smallest absolute Gasteiger partial charge is 0.303 e. The van der Waals surface area contributed by atoms with Gasteiger partial charge in [0.05, 0.1) is 4.90 Å². The zero-order chi connectivity index (χ0) is 23.2. The van der Waals surface area contributed by atoms with Crippen LogP contribution in [-0.4, -0.2) is 43.1 Å². The van der Waals surface area contributed by atoms with Gasteiger partial charge in [0.2, 0.25) is 0 Å². The van der Waals surface area contributed by atoms with Gasteiger partial charge >= 0.3 is 5.97 Å². The lowest BCUT2D eigenvalue weighted by Gasteiger charge is -2.31. The molecule has 170 valence electrons. The second-order valence-corrected chi connectivity index (χ2v) is 11.0. The molecule has 31 heavy (non-hydrogen) atoms. The van der Waals surface area contributed by atoms with Gasteiger partial charge in [-0.2, -0.15) is 16.8 Å². The predicted octanol–water partition coefficient (Wildman–Crippen LogP) is 3.44. The summed E-state index contributed by atoms with van der Waals surface area (Å²) in [5, 5.41) is 12.6. The van der Waals surface area contributed by atoms with Gasteiger partial charge in [-0.25, -0.2) is 0 Å². The van der Waals surface area contributed by atoms with Gasteiger partial charge in [0.25, 0.3) is 20.2 Å². The number of fused-ring (bicyclic) bond motifs is 3. The van der Waals surface area contributed by atoms with Crippen molar-refractivity contribution in [3.05, 3.63) is 29.8 Å². The number of benzene rings is 2. The normalized spacial score (nSPS) is 21.1. The number of carboxylic acid groups (broad SMARTS) is 1. The molecule has 0 aromatic heterocycles. The summed E-state index contributed by atoms with van der Waals surface area (Å²) in [4.78, 5) is 9.51. The average molecular weight is 472 g/mol. The minimum absolute atomic E-state index is 0.0730. The van der Waals surface area contributed by atoms with Crippen LogP contribution in [0.1, 0.15) is 51.5 Å². The van der Waals surface area contributed by atoms with Crippen molar-refractivity contribution in [1.29, 1.82) is 0 Å². The second-order valence-electron chi connectivity index (χ2n) is 8.19. The topological polar surface area (TPSA) is 158 Å². The molecule has 11 heteroatoms. The maximum atomic E-state index is 12.0. The van der Waals surface area contributed by atoms with Crippen molar-refractivity contribution in [2.75, 3.05) is 5.32 Å². The van der Waals surface area contributed by atoms with Crippen LogP contribution < -0.4 is 5.32 Å². The number of nitrogens with one attached hydrogen (secondary N) is 1. The second kappa shape index (κ2) is 8.05. The van der Waals surface area contributed by atoms with Crippen molar-refractivity contribution in [3.63, 3.8) is 0 Å². The van der Waals surface area contributed by atoms with E-state index < -0.39 is 41.4 Å². The Hall–Kier alpha value is -2.21. The minimum Gasteiger partial charge on any atom is -0.481 e. The molecule has 0 saturated heterocycles. The van der Waals surface area contributed by atoms with Crippen molar-refractivity contribution in [2.24, 2.45) is 0 Å². The Balaban J connectivity index is 2.17. The lowest BCUT2D eigenvalue weighted by molar-refractivity contribution is -0.137. The van der Waals surface area contributed by atoms with Crippen LogP contribution in [0.3, 0.4) is 0 Å². The van der Waals surface area contributed by atoms with E-state index in [9.17, 15) is 30.7 Å². The third-order valence-corrected chi connectivity index (χ3v) is 7.86. The Morgan fingerprint density at radius 2 is 1.71 bits per heavy atom. The molecule has 2 aromatic carbocycles. The number of hydrogen-bond donors (Lipinski definition) is 4. The van der Waals surface area contributed by atoms with Crippen LogP contribution in [-0.2, 0) is 30.4 Å². The monoisotopic (exact) mass is 471 g/mol. The molecule has 0 aliphatic carbocycles. The van der Waals surface area contributed by atoms with Crippen molar-refractivity contribution in [3.8, 4) is 0 Å². The van der Waals surface area contributed by atoms with Crippen LogP contribution in [0.5, 0.6) is 0 Å². The Labute approximate surface area is 181 Å². The highest BCUT2D eigenvalue weighted by atomic mass is 32.2. The average Bonchev–Trinajstić information content (AvgIpc) is 2.89. The molecule has 2 unspecified atom stereocenters. The number of aliphatic carboxylic acids is 1. The fourth-order valence-corrected chi connectivity index (χ4v) is 5.71. The van der Waals surface area contributed by atoms with Gasteiger partial charge in [-0.15, -0.1) is 0 Å². The van der Waals surface area contributed by atoms with Crippen LogP contribution in [0.25, 0.3) is 10.8 Å². The van der Waals surface area contributed by atoms with Crippen molar-refractivity contribution < 1.29 is 35.8 Å². The number of anilines is 1. The molecule has 0 saturated carbocycles. The summed E-state index contributed by atoms with van der Waals surface area (Å²) in [5.41, 5.74) is 0.889. The lowest BCUT2D eigenvalue weighted by Crippen LogP contribution is -2.33. The number of carbonyl (C=O) groups is 1. The Morgan fingerprint density at radius 3 is 2.29 bits per heavy atom. The maximum absolute atomic E-state index is 12.0. The van der Waals surface area contributed by atoms with E-state index in [-0.39, 0.29) is 17.8 Å². The van der Waals surface area contributed by atoms with E-state index in [0.717, 1.165) is 12.5 Å². The zero-order valence-electron chi connectivity index (χ0n) is 17.1. The molecule has 2 aromatic rings. The summed E-state index contributed by atoms with van der Waals surface area (Å²) in [5.74, 6) is -0.853. The van der Waals surface area contributed by atoms with Crippen LogP contribution >= 0.6 is 0 Å². The van der Waals surface area contributed by atoms with Gasteiger partial charge in [-0.05, 0) is 48.9 Å². The molecular weight excluding hydrogens is 446 g/mol. The summed E-state index contributed by atoms with van der Waals surface area (Å²) >= 11 is 0.